The van der Waals surface area contributed by atoms with Crippen LogP contribution < -0.4 is 5.32 Å². The Kier molecular flexibility index (Phi) is 4.80. The van der Waals surface area contributed by atoms with E-state index in [2.05, 4.69) is 42.6 Å². The molecule has 0 aromatic heterocycles. The summed E-state index contributed by atoms with van der Waals surface area (Å²) >= 11 is 5.95. The topological polar surface area (TPSA) is 12.0 Å². The number of hydrogen-bond acceptors (Lipinski definition) is 1. The summed E-state index contributed by atoms with van der Waals surface area (Å²) < 4.78 is 0. The largest absolute Gasteiger partial charge is 0.309 e. The lowest BCUT2D eigenvalue weighted by Gasteiger charge is -2.06. The molecule has 0 aliphatic heterocycles. The average Bonchev–Trinajstić information content (AvgIpc) is 2.40. The van der Waals surface area contributed by atoms with E-state index in [1.165, 1.54) is 16.7 Å². The van der Waals surface area contributed by atoms with Gasteiger partial charge in [-0.15, -0.1) is 0 Å². The van der Waals surface area contributed by atoms with Crippen LogP contribution in [0.3, 0.4) is 0 Å². The number of nitrogens with one attached hydrogen (secondary N) is 1. The van der Waals surface area contributed by atoms with Gasteiger partial charge in [0, 0.05) is 18.1 Å². The Morgan fingerprint density at radius 2 is 1.56 bits per heavy atom. The van der Waals surface area contributed by atoms with Crippen LogP contribution in [-0.4, -0.2) is 0 Å². The van der Waals surface area contributed by atoms with Crippen molar-refractivity contribution in [3.8, 4) is 0 Å². The molecule has 0 aliphatic rings. The molecule has 0 amide bonds. The highest BCUT2D eigenvalue weighted by molar-refractivity contribution is 6.30. The average molecular weight is 260 g/mol. The van der Waals surface area contributed by atoms with Crippen molar-refractivity contribution in [3.63, 3.8) is 0 Å². The molecule has 1 nitrogen and oxygen atoms in total. The van der Waals surface area contributed by atoms with E-state index in [9.17, 15) is 0 Å². The van der Waals surface area contributed by atoms with Crippen LogP contribution in [0, 0.1) is 0 Å². The van der Waals surface area contributed by atoms with Gasteiger partial charge in [-0.1, -0.05) is 54.9 Å². The Bertz CT molecular complexity index is 491. The third-order valence-corrected chi connectivity index (χ3v) is 3.21. The zero-order valence-corrected chi connectivity index (χ0v) is 11.4. The number of aryl methyl sites for hydroxylation is 1. The van der Waals surface area contributed by atoms with Gasteiger partial charge in [-0.2, -0.15) is 0 Å². The van der Waals surface area contributed by atoms with Crippen molar-refractivity contribution in [1.82, 2.24) is 5.32 Å². The predicted molar refractivity (Wildman–Crippen MR) is 77.8 cm³/mol. The molecule has 0 bridgehead atoms. The highest BCUT2D eigenvalue weighted by atomic mass is 35.5. The Morgan fingerprint density at radius 1 is 0.889 bits per heavy atom. The molecule has 0 unspecified atom stereocenters. The van der Waals surface area contributed by atoms with E-state index in [1.807, 2.05) is 18.2 Å². The van der Waals surface area contributed by atoms with Gasteiger partial charge < -0.3 is 5.32 Å². The molecule has 2 aromatic rings. The Balaban J connectivity index is 1.84. The normalized spacial score (nSPS) is 10.6. The van der Waals surface area contributed by atoms with Gasteiger partial charge in [0.2, 0.25) is 0 Å². The van der Waals surface area contributed by atoms with E-state index in [1.54, 1.807) is 0 Å². The Labute approximate surface area is 114 Å². The van der Waals surface area contributed by atoms with Gasteiger partial charge in [0.05, 0.1) is 0 Å². The summed E-state index contributed by atoms with van der Waals surface area (Å²) in [5.41, 5.74) is 3.91. The van der Waals surface area contributed by atoms with Crippen LogP contribution in [0.5, 0.6) is 0 Å². The van der Waals surface area contributed by atoms with E-state index in [4.69, 9.17) is 11.6 Å². The quantitative estimate of drug-likeness (QED) is 0.849. The summed E-state index contributed by atoms with van der Waals surface area (Å²) in [6.45, 7) is 3.90. The summed E-state index contributed by atoms with van der Waals surface area (Å²) in [6, 6.07) is 16.7. The molecule has 0 fully saturated rings. The molecule has 0 saturated carbocycles. The fourth-order valence-electron chi connectivity index (χ4n) is 1.89. The highest BCUT2D eigenvalue weighted by Gasteiger charge is 1.96. The van der Waals surface area contributed by atoms with Crippen LogP contribution in [0.25, 0.3) is 0 Å². The summed E-state index contributed by atoms with van der Waals surface area (Å²) in [7, 11) is 0. The minimum absolute atomic E-state index is 0.793. The maximum atomic E-state index is 5.95. The first-order valence-electron chi connectivity index (χ1n) is 6.31. The van der Waals surface area contributed by atoms with Gasteiger partial charge in [0.25, 0.3) is 0 Å². The minimum atomic E-state index is 0.793. The van der Waals surface area contributed by atoms with Crippen molar-refractivity contribution >= 4 is 11.6 Å². The molecule has 0 spiro atoms. The number of rotatable bonds is 5. The van der Waals surface area contributed by atoms with E-state index in [0.29, 0.717) is 0 Å². The lowest BCUT2D eigenvalue weighted by Crippen LogP contribution is -2.12. The second kappa shape index (κ2) is 6.58. The van der Waals surface area contributed by atoms with Crippen LogP contribution >= 0.6 is 11.6 Å². The highest BCUT2D eigenvalue weighted by Crippen LogP contribution is 2.10. The fraction of sp³-hybridized carbons (Fsp3) is 0.250. The minimum Gasteiger partial charge on any atom is -0.309 e. The SMILES string of the molecule is CCc1ccc(CNCc2cccc(Cl)c2)cc1. The molecular formula is C16H18ClN. The van der Waals surface area contributed by atoms with Gasteiger partial charge in [0.1, 0.15) is 0 Å². The zero-order chi connectivity index (χ0) is 12.8. The molecule has 2 heteroatoms. The molecule has 0 heterocycles. The van der Waals surface area contributed by atoms with E-state index < -0.39 is 0 Å². The van der Waals surface area contributed by atoms with E-state index in [0.717, 1.165) is 24.5 Å². The van der Waals surface area contributed by atoms with Crippen molar-refractivity contribution in [3.05, 3.63) is 70.2 Å². The number of benzene rings is 2. The van der Waals surface area contributed by atoms with Gasteiger partial charge in [-0.25, -0.2) is 0 Å². The summed E-state index contributed by atoms with van der Waals surface area (Å²) in [5.74, 6) is 0. The van der Waals surface area contributed by atoms with Crippen molar-refractivity contribution in [2.75, 3.05) is 0 Å². The van der Waals surface area contributed by atoms with Crippen molar-refractivity contribution in [2.24, 2.45) is 0 Å². The van der Waals surface area contributed by atoms with E-state index >= 15 is 0 Å². The molecule has 2 aromatic carbocycles. The monoisotopic (exact) mass is 259 g/mol. The lowest BCUT2D eigenvalue weighted by molar-refractivity contribution is 0.693. The third-order valence-electron chi connectivity index (χ3n) is 2.98. The van der Waals surface area contributed by atoms with Gasteiger partial charge in [-0.3, -0.25) is 0 Å². The van der Waals surface area contributed by atoms with Crippen molar-refractivity contribution in [1.29, 1.82) is 0 Å². The number of halogens is 1. The second-order valence-electron chi connectivity index (χ2n) is 4.40. The van der Waals surface area contributed by atoms with Crippen LogP contribution in [0.2, 0.25) is 5.02 Å². The smallest absolute Gasteiger partial charge is 0.0409 e. The van der Waals surface area contributed by atoms with Crippen LogP contribution in [-0.2, 0) is 19.5 Å². The van der Waals surface area contributed by atoms with E-state index in [-0.39, 0.29) is 0 Å². The molecule has 0 aliphatic carbocycles. The molecule has 2 rings (SSSR count). The summed E-state index contributed by atoms with van der Waals surface area (Å²) in [6.07, 6.45) is 1.09. The molecule has 0 saturated heterocycles. The molecule has 0 atom stereocenters. The van der Waals surface area contributed by atoms with Crippen LogP contribution in [0.4, 0.5) is 0 Å². The van der Waals surface area contributed by atoms with Gasteiger partial charge in [-0.05, 0) is 35.2 Å². The second-order valence-corrected chi connectivity index (χ2v) is 4.84. The number of hydrogen-bond donors (Lipinski definition) is 1. The van der Waals surface area contributed by atoms with Crippen LogP contribution in [0.1, 0.15) is 23.6 Å². The molecule has 1 N–H and O–H groups in total. The van der Waals surface area contributed by atoms with Crippen LogP contribution in [0.15, 0.2) is 48.5 Å². The van der Waals surface area contributed by atoms with Gasteiger partial charge >= 0.3 is 0 Å². The van der Waals surface area contributed by atoms with Crippen molar-refractivity contribution in [2.45, 2.75) is 26.4 Å². The zero-order valence-electron chi connectivity index (χ0n) is 10.6. The predicted octanol–water partition coefficient (Wildman–Crippen LogP) is 4.19. The molecular weight excluding hydrogens is 242 g/mol. The fourth-order valence-corrected chi connectivity index (χ4v) is 2.10. The third kappa shape index (κ3) is 3.86. The molecule has 18 heavy (non-hydrogen) atoms. The lowest BCUT2D eigenvalue weighted by atomic mass is 10.1. The first kappa shape index (κ1) is 13.1. The summed E-state index contributed by atoms with van der Waals surface area (Å²) in [5, 5.41) is 4.22. The maximum Gasteiger partial charge on any atom is 0.0409 e. The molecule has 94 valence electrons. The first-order valence-corrected chi connectivity index (χ1v) is 6.68. The molecule has 0 radical (unpaired) electrons. The first-order chi connectivity index (χ1) is 8.78. The van der Waals surface area contributed by atoms with Gasteiger partial charge in [0.15, 0.2) is 0 Å². The maximum absolute atomic E-state index is 5.95. The standard InChI is InChI=1S/C16H18ClN/c1-2-13-6-8-14(9-7-13)11-18-12-15-4-3-5-16(17)10-15/h3-10,18H,2,11-12H2,1H3. The summed E-state index contributed by atoms with van der Waals surface area (Å²) in [4.78, 5) is 0. The Hall–Kier alpha value is -1.31. The Morgan fingerprint density at radius 3 is 2.22 bits per heavy atom. The van der Waals surface area contributed by atoms with Crippen molar-refractivity contribution < 1.29 is 0 Å².